The fraction of sp³-hybridized carbons (Fsp3) is 0.227. The SMILES string of the molecule is COC(=O)C1=C(Nc2cccc(C(=O)Nc3ccc4c(c3)OCO4)c2)C(=O)N(CCO)C1. The molecule has 0 bridgehead atoms. The number of ether oxygens (including phenoxy) is 3. The van der Waals surface area contributed by atoms with Crippen LogP contribution in [0.4, 0.5) is 11.4 Å². The molecule has 0 atom stereocenters. The first-order valence-electron chi connectivity index (χ1n) is 9.80. The van der Waals surface area contributed by atoms with Crippen molar-refractivity contribution in [2.24, 2.45) is 0 Å². The zero-order valence-corrected chi connectivity index (χ0v) is 17.2. The molecule has 0 saturated carbocycles. The first-order valence-corrected chi connectivity index (χ1v) is 9.80. The summed E-state index contributed by atoms with van der Waals surface area (Å²) < 4.78 is 15.4. The maximum atomic E-state index is 12.7. The van der Waals surface area contributed by atoms with Gasteiger partial charge in [-0.25, -0.2) is 4.79 Å². The van der Waals surface area contributed by atoms with E-state index >= 15 is 0 Å². The van der Waals surface area contributed by atoms with Crippen molar-refractivity contribution in [3.8, 4) is 11.5 Å². The summed E-state index contributed by atoms with van der Waals surface area (Å²) in [6.45, 7) is 0.0163. The van der Waals surface area contributed by atoms with E-state index in [4.69, 9.17) is 19.3 Å². The predicted octanol–water partition coefficient (Wildman–Crippen LogP) is 1.34. The topological polar surface area (TPSA) is 126 Å². The lowest BCUT2D eigenvalue weighted by Crippen LogP contribution is -2.31. The fourth-order valence-corrected chi connectivity index (χ4v) is 3.41. The molecule has 0 aromatic heterocycles. The standard InChI is InChI=1S/C22H21N3O7/c1-30-22(29)16-11-25(7-8-26)21(28)19(16)23-14-4-2-3-13(9-14)20(27)24-15-5-6-17-18(10-15)32-12-31-17/h2-6,9-10,23,26H,7-8,11-12H2,1H3,(H,24,27). The second-order valence-corrected chi connectivity index (χ2v) is 7.02. The molecule has 2 heterocycles. The number of hydrogen-bond donors (Lipinski definition) is 3. The molecule has 10 nitrogen and oxygen atoms in total. The number of methoxy groups -OCH3 is 1. The van der Waals surface area contributed by atoms with Gasteiger partial charge in [0.1, 0.15) is 5.70 Å². The van der Waals surface area contributed by atoms with Crippen LogP contribution >= 0.6 is 0 Å². The second kappa shape index (κ2) is 8.98. The number of fused-ring (bicyclic) bond motifs is 1. The average molecular weight is 439 g/mol. The minimum Gasteiger partial charge on any atom is -0.466 e. The lowest BCUT2D eigenvalue weighted by Gasteiger charge is -2.15. The van der Waals surface area contributed by atoms with Crippen LogP contribution in [0, 0.1) is 0 Å². The van der Waals surface area contributed by atoms with Gasteiger partial charge >= 0.3 is 5.97 Å². The van der Waals surface area contributed by atoms with Crippen LogP contribution in [0.1, 0.15) is 10.4 Å². The lowest BCUT2D eigenvalue weighted by atomic mass is 10.1. The molecular formula is C22H21N3O7. The van der Waals surface area contributed by atoms with E-state index in [1.54, 1.807) is 42.5 Å². The number of carbonyl (C=O) groups is 3. The Morgan fingerprint density at radius 1 is 1.12 bits per heavy atom. The summed E-state index contributed by atoms with van der Waals surface area (Å²) in [7, 11) is 1.23. The Bertz CT molecular complexity index is 1110. The van der Waals surface area contributed by atoms with Gasteiger partial charge in [-0.05, 0) is 30.3 Å². The third-order valence-electron chi connectivity index (χ3n) is 4.98. The van der Waals surface area contributed by atoms with E-state index < -0.39 is 11.9 Å². The van der Waals surface area contributed by atoms with Crippen molar-refractivity contribution in [1.29, 1.82) is 0 Å². The van der Waals surface area contributed by atoms with Crippen molar-refractivity contribution >= 4 is 29.2 Å². The van der Waals surface area contributed by atoms with Crippen LogP contribution in [0.3, 0.4) is 0 Å². The first kappa shape index (κ1) is 21.2. The zero-order valence-electron chi connectivity index (χ0n) is 17.2. The van der Waals surface area contributed by atoms with Gasteiger partial charge in [0.2, 0.25) is 6.79 Å². The van der Waals surface area contributed by atoms with Crippen molar-refractivity contribution < 1.29 is 33.7 Å². The highest BCUT2D eigenvalue weighted by molar-refractivity contribution is 6.09. The Morgan fingerprint density at radius 2 is 1.94 bits per heavy atom. The number of nitrogens with zero attached hydrogens (tertiary/aromatic N) is 1. The third-order valence-corrected chi connectivity index (χ3v) is 4.98. The number of aliphatic hydroxyl groups is 1. The summed E-state index contributed by atoms with van der Waals surface area (Å²) in [5.41, 5.74) is 1.53. The number of anilines is 2. The Labute approximate surface area is 183 Å². The van der Waals surface area contributed by atoms with Gasteiger partial charge < -0.3 is 34.9 Å². The molecule has 0 spiro atoms. The highest BCUT2D eigenvalue weighted by Gasteiger charge is 2.34. The molecule has 3 N–H and O–H groups in total. The molecule has 0 fully saturated rings. The summed E-state index contributed by atoms with van der Waals surface area (Å²) >= 11 is 0. The number of nitrogens with one attached hydrogen (secondary N) is 2. The van der Waals surface area contributed by atoms with Crippen LogP contribution in [0.25, 0.3) is 0 Å². The number of benzene rings is 2. The Balaban J connectivity index is 1.52. The van der Waals surface area contributed by atoms with Crippen molar-refractivity contribution in [3.05, 3.63) is 59.3 Å². The molecule has 2 aliphatic rings. The van der Waals surface area contributed by atoms with Gasteiger partial charge in [-0.15, -0.1) is 0 Å². The molecular weight excluding hydrogens is 418 g/mol. The summed E-state index contributed by atoms with van der Waals surface area (Å²) in [5, 5.41) is 14.9. The number of aliphatic hydroxyl groups excluding tert-OH is 1. The normalized spacial score (nSPS) is 14.6. The number of β-amino-alcohol motifs (C(OH)–C–C–N with tert-alkyl or cyclic N) is 1. The fourth-order valence-electron chi connectivity index (χ4n) is 3.41. The Hall–Kier alpha value is -4.05. The monoisotopic (exact) mass is 439 g/mol. The van der Waals surface area contributed by atoms with E-state index in [1.165, 1.54) is 12.0 Å². The molecule has 32 heavy (non-hydrogen) atoms. The molecule has 4 rings (SSSR count). The quantitative estimate of drug-likeness (QED) is 0.552. The smallest absolute Gasteiger partial charge is 0.337 e. The van der Waals surface area contributed by atoms with Gasteiger partial charge in [0.25, 0.3) is 11.8 Å². The van der Waals surface area contributed by atoms with Gasteiger partial charge in [-0.3, -0.25) is 9.59 Å². The maximum Gasteiger partial charge on any atom is 0.337 e. The molecule has 2 amide bonds. The van der Waals surface area contributed by atoms with Gasteiger partial charge in [-0.1, -0.05) is 6.07 Å². The van der Waals surface area contributed by atoms with Crippen molar-refractivity contribution in [3.63, 3.8) is 0 Å². The Kier molecular flexibility index (Phi) is 5.95. The predicted molar refractivity (Wildman–Crippen MR) is 113 cm³/mol. The highest BCUT2D eigenvalue weighted by Crippen LogP contribution is 2.34. The minimum atomic E-state index is -0.641. The van der Waals surface area contributed by atoms with Crippen LogP contribution in [-0.2, 0) is 14.3 Å². The van der Waals surface area contributed by atoms with Crippen LogP contribution in [-0.4, -0.2) is 61.4 Å². The molecule has 2 aromatic carbocycles. The minimum absolute atomic E-state index is 0.0265. The average Bonchev–Trinajstić information content (AvgIpc) is 3.39. The number of amides is 2. The second-order valence-electron chi connectivity index (χ2n) is 7.02. The van der Waals surface area contributed by atoms with E-state index in [1.807, 2.05) is 0 Å². The number of esters is 1. The molecule has 166 valence electrons. The van der Waals surface area contributed by atoms with E-state index in [0.717, 1.165) is 0 Å². The van der Waals surface area contributed by atoms with Gasteiger partial charge in [0.15, 0.2) is 11.5 Å². The molecule has 0 unspecified atom stereocenters. The third kappa shape index (κ3) is 4.21. The summed E-state index contributed by atoms with van der Waals surface area (Å²) in [6, 6.07) is 11.6. The van der Waals surface area contributed by atoms with E-state index in [0.29, 0.717) is 28.4 Å². The number of rotatable bonds is 7. The van der Waals surface area contributed by atoms with Gasteiger partial charge in [0, 0.05) is 29.5 Å². The summed E-state index contributed by atoms with van der Waals surface area (Å²) in [5.74, 6) is -0.282. The van der Waals surface area contributed by atoms with E-state index in [9.17, 15) is 14.4 Å². The Morgan fingerprint density at radius 3 is 2.72 bits per heavy atom. The van der Waals surface area contributed by atoms with E-state index in [2.05, 4.69) is 10.6 Å². The molecule has 0 saturated heterocycles. The highest BCUT2D eigenvalue weighted by atomic mass is 16.7. The van der Waals surface area contributed by atoms with Crippen molar-refractivity contribution in [2.75, 3.05) is 44.2 Å². The van der Waals surface area contributed by atoms with Crippen LogP contribution in [0.5, 0.6) is 11.5 Å². The molecule has 0 aliphatic carbocycles. The van der Waals surface area contributed by atoms with E-state index in [-0.39, 0.29) is 43.7 Å². The van der Waals surface area contributed by atoms with Gasteiger partial charge in [-0.2, -0.15) is 0 Å². The van der Waals surface area contributed by atoms with Gasteiger partial charge in [0.05, 0.1) is 25.8 Å². The molecule has 2 aliphatic heterocycles. The first-order chi connectivity index (χ1) is 15.5. The van der Waals surface area contributed by atoms with Crippen molar-refractivity contribution in [2.45, 2.75) is 0 Å². The molecule has 0 radical (unpaired) electrons. The number of hydrogen-bond acceptors (Lipinski definition) is 8. The summed E-state index contributed by atoms with van der Waals surface area (Å²) in [6.07, 6.45) is 0. The molecule has 10 heteroatoms. The lowest BCUT2D eigenvalue weighted by molar-refractivity contribution is -0.136. The van der Waals surface area contributed by atoms with Crippen LogP contribution < -0.4 is 20.1 Å². The van der Waals surface area contributed by atoms with Crippen LogP contribution in [0.15, 0.2) is 53.7 Å². The van der Waals surface area contributed by atoms with Crippen LogP contribution in [0.2, 0.25) is 0 Å². The van der Waals surface area contributed by atoms with Crippen molar-refractivity contribution in [1.82, 2.24) is 4.90 Å². The summed E-state index contributed by atoms with van der Waals surface area (Å²) in [4.78, 5) is 38.9. The maximum absolute atomic E-state index is 12.7. The molecule has 2 aromatic rings. The largest absolute Gasteiger partial charge is 0.466 e. The zero-order chi connectivity index (χ0) is 22.7. The number of carbonyl (C=O) groups excluding carboxylic acids is 3.